The Kier molecular flexibility index (Phi) is 3.88. The lowest BCUT2D eigenvalue weighted by Gasteiger charge is -2.36. The van der Waals surface area contributed by atoms with Crippen LogP contribution in [0.25, 0.3) is 0 Å². The third-order valence-corrected chi connectivity index (χ3v) is 4.07. The van der Waals surface area contributed by atoms with E-state index in [9.17, 15) is 18.7 Å². The summed E-state index contributed by atoms with van der Waals surface area (Å²) in [6.07, 6.45) is 3.38. The third-order valence-electron chi connectivity index (χ3n) is 4.07. The van der Waals surface area contributed by atoms with Gasteiger partial charge in [0.15, 0.2) is 11.6 Å². The fourth-order valence-corrected chi connectivity index (χ4v) is 3.13. The number of aliphatic carboxylic acids is 1. The van der Waals surface area contributed by atoms with Gasteiger partial charge in [-0.05, 0) is 42.9 Å². The third kappa shape index (κ3) is 2.94. The van der Waals surface area contributed by atoms with E-state index >= 15 is 0 Å². The van der Waals surface area contributed by atoms with Gasteiger partial charge in [-0.25, -0.2) is 8.78 Å². The van der Waals surface area contributed by atoms with Gasteiger partial charge < -0.3 is 5.11 Å². The molecule has 0 saturated heterocycles. The van der Waals surface area contributed by atoms with Crippen LogP contribution < -0.4 is 0 Å². The summed E-state index contributed by atoms with van der Waals surface area (Å²) in [6, 6.07) is 3.65. The molecule has 0 aliphatic heterocycles. The average molecular weight is 268 g/mol. The van der Waals surface area contributed by atoms with E-state index in [0.717, 1.165) is 25.0 Å². The van der Waals surface area contributed by atoms with Crippen LogP contribution in [0, 0.1) is 23.0 Å². The molecule has 4 heteroatoms. The largest absolute Gasteiger partial charge is 0.481 e. The molecule has 104 valence electrons. The maximum Gasteiger partial charge on any atom is 0.309 e. The summed E-state index contributed by atoms with van der Waals surface area (Å²) in [5, 5.41) is 9.52. The number of halogens is 2. The minimum atomic E-state index is -0.915. The number of carboxylic acids is 1. The highest BCUT2D eigenvalue weighted by Crippen LogP contribution is 2.42. The maximum atomic E-state index is 13.2. The highest BCUT2D eigenvalue weighted by atomic mass is 19.2. The summed E-state index contributed by atoms with van der Waals surface area (Å²) in [4.78, 5) is 11.6. The molecule has 0 aromatic heterocycles. The van der Waals surface area contributed by atoms with Gasteiger partial charge in [-0.3, -0.25) is 4.79 Å². The van der Waals surface area contributed by atoms with E-state index in [1.807, 2.05) is 6.92 Å². The van der Waals surface area contributed by atoms with Gasteiger partial charge in [-0.1, -0.05) is 25.8 Å². The van der Waals surface area contributed by atoms with E-state index < -0.39 is 23.0 Å². The van der Waals surface area contributed by atoms with Gasteiger partial charge in [0.05, 0.1) is 5.41 Å². The Morgan fingerprint density at radius 2 is 2.16 bits per heavy atom. The van der Waals surface area contributed by atoms with E-state index in [2.05, 4.69) is 0 Å². The zero-order valence-corrected chi connectivity index (χ0v) is 11.0. The van der Waals surface area contributed by atoms with E-state index in [1.54, 1.807) is 0 Å². The van der Waals surface area contributed by atoms with Crippen LogP contribution in [0.2, 0.25) is 0 Å². The zero-order chi connectivity index (χ0) is 14.0. The van der Waals surface area contributed by atoms with Crippen LogP contribution in [0.1, 0.15) is 38.2 Å². The Morgan fingerprint density at radius 3 is 2.74 bits per heavy atom. The van der Waals surface area contributed by atoms with Crippen molar-refractivity contribution in [2.75, 3.05) is 0 Å². The first kappa shape index (κ1) is 14.0. The Morgan fingerprint density at radius 1 is 1.42 bits per heavy atom. The number of carbonyl (C=O) groups is 1. The van der Waals surface area contributed by atoms with Crippen LogP contribution in [0.5, 0.6) is 0 Å². The molecule has 2 unspecified atom stereocenters. The maximum absolute atomic E-state index is 13.2. The topological polar surface area (TPSA) is 37.3 Å². The van der Waals surface area contributed by atoms with Gasteiger partial charge in [0, 0.05) is 0 Å². The van der Waals surface area contributed by atoms with Crippen LogP contribution in [0.4, 0.5) is 8.78 Å². The van der Waals surface area contributed by atoms with Crippen molar-refractivity contribution in [1.82, 2.24) is 0 Å². The second-order valence-electron chi connectivity index (χ2n) is 5.71. The van der Waals surface area contributed by atoms with E-state index in [1.165, 1.54) is 6.07 Å². The summed E-state index contributed by atoms with van der Waals surface area (Å²) >= 11 is 0. The van der Waals surface area contributed by atoms with Gasteiger partial charge in [0.1, 0.15) is 0 Å². The number of hydrogen-bond acceptors (Lipinski definition) is 1. The lowest BCUT2D eigenvalue weighted by Crippen LogP contribution is -2.38. The van der Waals surface area contributed by atoms with E-state index in [4.69, 9.17) is 0 Å². The molecule has 2 rings (SSSR count). The molecule has 1 fully saturated rings. The van der Waals surface area contributed by atoms with Crippen molar-refractivity contribution < 1.29 is 18.7 Å². The first-order valence-corrected chi connectivity index (χ1v) is 6.60. The molecule has 1 aliphatic carbocycles. The minimum Gasteiger partial charge on any atom is -0.481 e. The Bertz CT molecular complexity index is 487. The monoisotopic (exact) mass is 268 g/mol. The van der Waals surface area contributed by atoms with Crippen LogP contribution >= 0.6 is 0 Å². The molecule has 19 heavy (non-hydrogen) atoms. The predicted molar refractivity (Wildman–Crippen MR) is 67.8 cm³/mol. The van der Waals surface area contributed by atoms with Crippen molar-refractivity contribution in [2.24, 2.45) is 11.3 Å². The zero-order valence-electron chi connectivity index (χ0n) is 11.0. The van der Waals surface area contributed by atoms with Crippen molar-refractivity contribution in [3.63, 3.8) is 0 Å². The number of carboxylic acid groups (broad SMARTS) is 1. The van der Waals surface area contributed by atoms with E-state index in [-0.39, 0.29) is 6.42 Å². The molecule has 2 nitrogen and oxygen atoms in total. The van der Waals surface area contributed by atoms with Crippen molar-refractivity contribution in [1.29, 1.82) is 0 Å². The van der Waals surface area contributed by atoms with E-state index in [0.29, 0.717) is 24.3 Å². The molecule has 1 aromatic rings. The summed E-state index contributed by atoms with van der Waals surface area (Å²) in [7, 11) is 0. The van der Waals surface area contributed by atoms with Crippen molar-refractivity contribution >= 4 is 5.97 Å². The van der Waals surface area contributed by atoms with Crippen molar-refractivity contribution in [3.05, 3.63) is 35.4 Å². The molecular weight excluding hydrogens is 250 g/mol. The molecule has 0 radical (unpaired) electrons. The first-order valence-electron chi connectivity index (χ1n) is 6.60. The summed E-state index contributed by atoms with van der Waals surface area (Å²) in [5.41, 5.74) is -0.280. The number of hydrogen-bond donors (Lipinski definition) is 1. The molecule has 0 heterocycles. The van der Waals surface area contributed by atoms with Gasteiger partial charge in [-0.15, -0.1) is 0 Å². The van der Waals surface area contributed by atoms with Gasteiger partial charge in [-0.2, -0.15) is 0 Å². The molecule has 2 atom stereocenters. The Hall–Kier alpha value is -1.45. The molecule has 1 N–H and O–H groups in total. The SMILES string of the molecule is CC1CCCC(Cc2ccc(F)c(F)c2)(C(=O)O)C1. The quantitative estimate of drug-likeness (QED) is 0.905. The van der Waals surface area contributed by atoms with Crippen molar-refractivity contribution in [3.8, 4) is 0 Å². The first-order chi connectivity index (χ1) is 8.93. The molecule has 0 amide bonds. The lowest BCUT2D eigenvalue weighted by atomic mass is 9.67. The molecule has 1 aliphatic rings. The second kappa shape index (κ2) is 5.27. The van der Waals surface area contributed by atoms with Crippen molar-refractivity contribution in [2.45, 2.75) is 39.0 Å². The van der Waals surface area contributed by atoms with Gasteiger partial charge in [0.2, 0.25) is 0 Å². The standard InChI is InChI=1S/C15H18F2O2/c1-10-3-2-6-15(8-10,14(18)19)9-11-4-5-12(16)13(17)7-11/h4-5,7,10H,2-3,6,8-9H2,1H3,(H,18,19). The molecule has 0 bridgehead atoms. The fourth-order valence-electron chi connectivity index (χ4n) is 3.13. The van der Waals surface area contributed by atoms with Crippen LogP contribution in [0.3, 0.4) is 0 Å². The number of rotatable bonds is 3. The molecule has 0 spiro atoms. The molecule has 1 aromatic carbocycles. The fraction of sp³-hybridized carbons (Fsp3) is 0.533. The highest BCUT2D eigenvalue weighted by molar-refractivity contribution is 5.75. The smallest absolute Gasteiger partial charge is 0.309 e. The molecule has 1 saturated carbocycles. The second-order valence-corrected chi connectivity index (χ2v) is 5.71. The van der Waals surface area contributed by atoms with Crippen LogP contribution in [0.15, 0.2) is 18.2 Å². The molecular formula is C15H18F2O2. The Balaban J connectivity index is 2.25. The lowest BCUT2D eigenvalue weighted by molar-refractivity contribution is -0.152. The van der Waals surface area contributed by atoms with Gasteiger partial charge in [0.25, 0.3) is 0 Å². The normalized spacial score (nSPS) is 27.2. The summed E-state index contributed by atoms with van der Waals surface area (Å²) < 4.78 is 26.1. The number of benzene rings is 1. The Labute approximate surface area is 111 Å². The summed E-state index contributed by atoms with van der Waals surface area (Å²) in [6.45, 7) is 2.04. The highest BCUT2D eigenvalue weighted by Gasteiger charge is 2.41. The van der Waals surface area contributed by atoms with Crippen LogP contribution in [-0.4, -0.2) is 11.1 Å². The predicted octanol–water partition coefficient (Wildman–Crippen LogP) is 3.79. The van der Waals surface area contributed by atoms with Crippen LogP contribution in [-0.2, 0) is 11.2 Å². The minimum absolute atomic E-state index is 0.268. The average Bonchev–Trinajstić information content (AvgIpc) is 2.34. The van der Waals surface area contributed by atoms with Gasteiger partial charge >= 0.3 is 5.97 Å². The summed E-state index contributed by atoms with van der Waals surface area (Å²) in [5.74, 6) is -2.29.